The van der Waals surface area contributed by atoms with E-state index in [1.165, 1.54) is 5.56 Å². The van der Waals surface area contributed by atoms with Gasteiger partial charge in [-0.25, -0.2) is 4.79 Å². The summed E-state index contributed by atoms with van der Waals surface area (Å²) in [6.45, 7) is 6.16. The standard InChI is InChI=1S/C20H28N4O2/c1-14(2)17(18-8-9-23-24(18)3)12-22-20(25)21-11-15-10-16-6-4-5-7-19(16)26-13-15/h4-9,14-15,17H,10-13H2,1-3H3,(H2,21,22,25). The Morgan fingerprint density at radius 3 is 2.85 bits per heavy atom. The number of fused-ring (bicyclic) bond motifs is 1. The molecule has 2 unspecified atom stereocenters. The summed E-state index contributed by atoms with van der Waals surface area (Å²) < 4.78 is 7.65. The van der Waals surface area contributed by atoms with Crippen molar-refractivity contribution in [3.63, 3.8) is 0 Å². The number of carbonyl (C=O) groups is 1. The fourth-order valence-electron chi connectivity index (χ4n) is 3.45. The molecule has 1 aliphatic rings. The van der Waals surface area contributed by atoms with Crippen LogP contribution in [0.5, 0.6) is 5.75 Å². The molecule has 0 radical (unpaired) electrons. The van der Waals surface area contributed by atoms with Crippen LogP contribution in [-0.4, -0.2) is 35.5 Å². The molecule has 3 rings (SSSR count). The van der Waals surface area contributed by atoms with Gasteiger partial charge in [0.25, 0.3) is 0 Å². The van der Waals surface area contributed by atoms with Crippen molar-refractivity contribution in [1.82, 2.24) is 20.4 Å². The Kier molecular flexibility index (Phi) is 5.81. The van der Waals surface area contributed by atoms with Crippen LogP contribution in [0.1, 0.15) is 31.0 Å². The highest BCUT2D eigenvalue weighted by Gasteiger charge is 2.22. The topological polar surface area (TPSA) is 68.2 Å². The first-order valence-corrected chi connectivity index (χ1v) is 9.25. The van der Waals surface area contributed by atoms with Gasteiger partial charge in [-0.15, -0.1) is 0 Å². The van der Waals surface area contributed by atoms with Gasteiger partial charge in [0.2, 0.25) is 0 Å². The van der Waals surface area contributed by atoms with Crippen LogP contribution in [0, 0.1) is 11.8 Å². The smallest absolute Gasteiger partial charge is 0.314 e. The first-order valence-electron chi connectivity index (χ1n) is 9.25. The predicted octanol–water partition coefficient (Wildman–Crippen LogP) is 2.71. The highest BCUT2D eigenvalue weighted by atomic mass is 16.5. The molecule has 0 fully saturated rings. The van der Waals surface area contributed by atoms with Gasteiger partial charge in [0, 0.05) is 43.9 Å². The second-order valence-electron chi connectivity index (χ2n) is 7.31. The van der Waals surface area contributed by atoms with Crippen LogP contribution in [-0.2, 0) is 13.5 Å². The SMILES string of the molecule is CC(C)C(CNC(=O)NCC1COc2ccccc2C1)c1ccnn1C. The molecule has 6 nitrogen and oxygen atoms in total. The second-order valence-corrected chi connectivity index (χ2v) is 7.31. The molecule has 6 heteroatoms. The Labute approximate surface area is 154 Å². The third-order valence-electron chi connectivity index (χ3n) is 5.03. The van der Waals surface area contributed by atoms with E-state index in [2.05, 4.69) is 35.6 Å². The number of benzene rings is 1. The number of hydrogen-bond acceptors (Lipinski definition) is 3. The molecule has 2 atom stereocenters. The van der Waals surface area contributed by atoms with E-state index in [4.69, 9.17) is 4.74 Å². The third kappa shape index (κ3) is 4.36. The molecule has 2 heterocycles. The van der Waals surface area contributed by atoms with Crippen molar-refractivity contribution in [1.29, 1.82) is 0 Å². The Hall–Kier alpha value is -2.50. The van der Waals surface area contributed by atoms with Crippen molar-refractivity contribution in [3.8, 4) is 5.75 Å². The van der Waals surface area contributed by atoms with Gasteiger partial charge in [0.05, 0.1) is 6.61 Å². The summed E-state index contributed by atoms with van der Waals surface area (Å²) in [5.74, 6) is 1.91. The molecule has 1 aromatic carbocycles. The summed E-state index contributed by atoms with van der Waals surface area (Å²) in [7, 11) is 1.94. The maximum atomic E-state index is 12.2. The summed E-state index contributed by atoms with van der Waals surface area (Å²) in [6, 6.07) is 9.98. The monoisotopic (exact) mass is 356 g/mol. The van der Waals surface area contributed by atoms with Crippen molar-refractivity contribution < 1.29 is 9.53 Å². The molecular formula is C20H28N4O2. The summed E-state index contributed by atoms with van der Waals surface area (Å²) in [4.78, 5) is 12.2. The van der Waals surface area contributed by atoms with E-state index >= 15 is 0 Å². The van der Waals surface area contributed by atoms with Crippen LogP contribution in [0.4, 0.5) is 4.79 Å². The molecule has 1 aromatic heterocycles. The van der Waals surface area contributed by atoms with Gasteiger partial charge < -0.3 is 15.4 Å². The lowest BCUT2D eigenvalue weighted by Gasteiger charge is -2.26. The first-order chi connectivity index (χ1) is 12.5. The highest BCUT2D eigenvalue weighted by molar-refractivity contribution is 5.73. The van der Waals surface area contributed by atoms with Crippen LogP contribution in [0.25, 0.3) is 0 Å². The molecule has 0 bridgehead atoms. The summed E-state index contributed by atoms with van der Waals surface area (Å²) in [5, 5.41) is 10.2. The van der Waals surface area contributed by atoms with Gasteiger partial charge in [-0.2, -0.15) is 5.10 Å². The Morgan fingerprint density at radius 1 is 1.31 bits per heavy atom. The second kappa shape index (κ2) is 8.25. The minimum atomic E-state index is -0.128. The molecule has 2 N–H and O–H groups in total. The lowest BCUT2D eigenvalue weighted by Crippen LogP contribution is -2.42. The van der Waals surface area contributed by atoms with Gasteiger partial charge >= 0.3 is 6.03 Å². The van der Waals surface area contributed by atoms with Crippen LogP contribution in [0.2, 0.25) is 0 Å². The normalized spacial score (nSPS) is 17.3. The maximum Gasteiger partial charge on any atom is 0.314 e. The van der Waals surface area contributed by atoms with Gasteiger partial charge in [0.1, 0.15) is 5.75 Å². The number of urea groups is 1. The van der Waals surface area contributed by atoms with E-state index < -0.39 is 0 Å². The summed E-state index contributed by atoms with van der Waals surface area (Å²) in [6.07, 6.45) is 2.73. The average molecular weight is 356 g/mol. The molecule has 0 aliphatic carbocycles. The zero-order valence-electron chi connectivity index (χ0n) is 15.7. The third-order valence-corrected chi connectivity index (χ3v) is 5.03. The number of nitrogens with zero attached hydrogens (tertiary/aromatic N) is 2. The van der Waals surface area contributed by atoms with E-state index in [-0.39, 0.29) is 11.9 Å². The van der Waals surface area contributed by atoms with Crippen LogP contribution < -0.4 is 15.4 Å². The number of rotatable bonds is 6. The Morgan fingerprint density at radius 2 is 2.12 bits per heavy atom. The number of para-hydroxylation sites is 1. The number of ether oxygens (including phenoxy) is 1. The van der Waals surface area contributed by atoms with E-state index in [0.29, 0.717) is 31.5 Å². The van der Waals surface area contributed by atoms with Crippen molar-refractivity contribution >= 4 is 6.03 Å². The Balaban J connectivity index is 1.46. The fourth-order valence-corrected chi connectivity index (χ4v) is 3.45. The molecule has 1 aliphatic heterocycles. The number of amides is 2. The highest BCUT2D eigenvalue weighted by Crippen LogP contribution is 2.26. The van der Waals surface area contributed by atoms with E-state index in [1.54, 1.807) is 6.20 Å². The van der Waals surface area contributed by atoms with E-state index in [1.807, 2.05) is 36.0 Å². The van der Waals surface area contributed by atoms with Crippen molar-refractivity contribution in [2.75, 3.05) is 19.7 Å². The Bertz CT molecular complexity index is 741. The summed E-state index contributed by atoms with van der Waals surface area (Å²) >= 11 is 0. The van der Waals surface area contributed by atoms with Crippen molar-refractivity contribution in [3.05, 3.63) is 47.8 Å². The molecular weight excluding hydrogens is 328 g/mol. The molecule has 0 spiro atoms. The first kappa shape index (κ1) is 18.3. The zero-order valence-corrected chi connectivity index (χ0v) is 15.7. The summed E-state index contributed by atoms with van der Waals surface area (Å²) in [5.41, 5.74) is 2.35. The van der Waals surface area contributed by atoms with Gasteiger partial charge in [0.15, 0.2) is 0 Å². The lowest BCUT2D eigenvalue weighted by molar-refractivity contribution is 0.210. The number of aryl methyl sites for hydroxylation is 1. The number of hydrogen-bond donors (Lipinski definition) is 2. The maximum absolute atomic E-state index is 12.2. The fraction of sp³-hybridized carbons (Fsp3) is 0.500. The number of aromatic nitrogens is 2. The van der Waals surface area contributed by atoms with Gasteiger partial charge in [-0.1, -0.05) is 32.0 Å². The van der Waals surface area contributed by atoms with Crippen molar-refractivity contribution in [2.45, 2.75) is 26.2 Å². The minimum Gasteiger partial charge on any atom is -0.493 e. The van der Waals surface area contributed by atoms with Crippen molar-refractivity contribution in [2.24, 2.45) is 18.9 Å². The molecule has 26 heavy (non-hydrogen) atoms. The van der Waals surface area contributed by atoms with E-state index in [0.717, 1.165) is 17.9 Å². The molecule has 140 valence electrons. The molecule has 2 aromatic rings. The number of nitrogens with one attached hydrogen (secondary N) is 2. The minimum absolute atomic E-state index is 0.128. The largest absolute Gasteiger partial charge is 0.493 e. The molecule has 0 saturated heterocycles. The molecule has 2 amide bonds. The zero-order chi connectivity index (χ0) is 18.5. The van der Waals surface area contributed by atoms with Crippen LogP contribution >= 0.6 is 0 Å². The van der Waals surface area contributed by atoms with E-state index in [9.17, 15) is 4.79 Å². The van der Waals surface area contributed by atoms with Crippen LogP contribution in [0.15, 0.2) is 36.5 Å². The number of carbonyl (C=O) groups excluding carboxylic acids is 1. The average Bonchev–Trinajstić information content (AvgIpc) is 3.05. The molecule has 0 saturated carbocycles. The van der Waals surface area contributed by atoms with Gasteiger partial charge in [-0.3, -0.25) is 4.68 Å². The predicted molar refractivity (Wildman–Crippen MR) is 101 cm³/mol. The van der Waals surface area contributed by atoms with Crippen LogP contribution in [0.3, 0.4) is 0 Å². The van der Waals surface area contributed by atoms with Gasteiger partial charge in [-0.05, 0) is 30.0 Å². The quantitative estimate of drug-likeness (QED) is 0.836. The lowest BCUT2D eigenvalue weighted by atomic mass is 9.92.